The second-order valence-electron chi connectivity index (χ2n) is 3.37. The number of aliphatic carboxylic acids is 1. The largest absolute Gasteiger partial charge is 0.481 e. The maximum absolute atomic E-state index is 11.2. The second-order valence-corrected chi connectivity index (χ2v) is 3.37. The van der Waals surface area contributed by atoms with E-state index in [1.165, 1.54) is 18.2 Å². The Morgan fingerprint density at radius 1 is 1.20 bits per heavy atom. The van der Waals surface area contributed by atoms with Crippen LogP contribution >= 0.6 is 0 Å². The molecule has 0 heterocycles. The van der Waals surface area contributed by atoms with Crippen LogP contribution < -0.4 is 0 Å². The van der Waals surface area contributed by atoms with Crippen molar-refractivity contribution in [3.8, 4) is 0 Å². The molecular weight excluding hydrogens is 196 g/mol. The van der Waals surface area contributed by atoms with Gasteiger partial charge in [0.25, 0.3) is 0 Å². The minimum Gasteiger partial charge on any atom is -0.481 e. The Balaban J connectivity index is 2.35. The molecule has 1 rings (SSSR count). The van der Waals surface area contributed by atoms with Crippen molar-refractivity contribution in [2.75, 3.05) is 0 Å². The van der Waals surface area contributed by atoms with Gasteiger partial charge < -0.3 is 5.11 Å². The second kappa shape index (κ2) is 5.24. The SMILES string of the molecule is O=C1C=CC(=O)C(CCCCC(=O)O)=C1. The summed E-state index contributed by atoms with van der Waals surface area (Å²) in [5.41, 5.74) is 0.480. The van der Waals surface area contributed by atoms with Crippen LogP contribution in [-0.2, 0) is 14.4 Å². The summed E-state index contributed by atoms with van der Waals surface area (Å²) >= 11 is 0. The number of hydrogen-bond donors (Lipinski definition) is 1. The third kappa shape index (κ3) is 3.89. The van der Waals surface area contributed by atoms with Gasteiger partial charge in [0.2, 0.25) is 0 Å². The molecule has 0 aromatic carbocycles. The highest BCUT2D eigenvalue weighted by Crippen LogP contribution is 2.13. The molecule has 0 atom stereocenters. The lowest BCUT2D eigenvalue weighted by atomic mass is 9.98. The van der Waals surface area contributed by atoms with Gasteiger partial charge in [-0.15, -0.1) is 0 Å². The fraction of sp³-hybridized carbons (Fsp3) is 0.364. The summed E-state index contributed by atoms with van der Waals surface area (Å²) in [7, 11) is 0. The van der Waals surface area contributed by atoms with Gasteiger partial charge in [0.05, 0.1) is 0 Å². The molecule has 0 saturated carbocycles. The van der Waals surface area contributed by atoms with Gasteiger partial charge in [-0.3, -0.25) is 14.4 Å². The zero-order valence-electron chi connectivity index (χ0n) is 8.23. The Bertz CT molecular complexity index is 350. The molecule has 0 aromatic heterocycles. The fourth-order valence-corrected chi connectivity index (χ4v) is 1.34. The Morgan fingerprint density at radius 3 is 2.60 bits per heavy atom. The summed E-state index contributed by atoms with van der Waals surface area (Å²) in [5, 5.41) is 8.40. The molecule has 0 aromatic rings. The fourth-order valence-electron chi connectivity index (χ4n) is 1.34. The molecule has 4 heteroatoms. The van der Waals surface area contributed by atoms with Crippen LogP contribution in [0.5, 0.6) is 0 Å². The molecule has 15 heavy (non-hydrogen) atoms. The van der Waals surface area contributed by atoms with Crippen LogP contribution in [0.25, 0.3) is 0 Å². The van der Waals surface area contributed by atoms with E-state index >= 15 is 0 Å². The molecule has 0 amide bonds. The normalized spacial score (nSPS) is 15.3. The van der Waals surface area contributed by atoms with Crippen molar-refractivity contribution in [3.63, 3.8) is 0 Å². The summed E-state index contributed by atoms with van der Waals surface area (Å²) in [5.74, 6) is -1.16. The molecule has 0 fully saturated rings. The number of carboxylic acid groups (broad SMARTS) is 1. The highest BCUT2D eigenvalue weighted by molar-refractivity contribution is 6.17. The van der Waals surface area contributed by atoms with Gasteiger partial charge in [-0.1, -0.05) is 0 Å². The van der Waals surface area contributed by atoms with Crippen molar-refractivity contribution in [3.05, 3.63) is 23.8 Å². The predicted molar refractivity (Wildman–Crippen MR) is 53.3 cm³/mol. The van der Waals surface area contributed by atoms with Gasteiger partial charge in [0, 0.05) is 12.0 Å². The summed E-state index contributed by atoms with van der Waals surface area (Å²) in [6.45, 7) is 0. The van der Waals surface area contributed by atoms with E-state index in [9.17, 15) is 14.4 Å². The highest BCUT2D eigenvalue weighted by atomic mass is 16.4. The Morgan fingerprint density at radius 2 is 1.93 bits per heavy atom. The van der Waals surface area contributed by atoms with Gasteiger partial charge in [-0.2, -0.15) is 0 Å². The number of unbranched alkanes of at least 4 members (excludes halogenated alkanes) is 1. The maximum Gasteiger partial charge on any atom is 0.303 e. The monoisotopic (exact) mass is 208 g/mol. The molecule has 0 bridgehead atoms. The predicted octanol–water partition coefficient (Wildman–Crippen LogP) is 1.27. The summed E-state index contributed by atoms with van der Waals surface area (Å²) in [4.78, 5) is 32.4. The van der Waals surface area contributed by atoms with Crippen LogP contribution in [-0.4, -0.2) is 22.6 Å². The minimum atomic E-state index is -0.838. The standard InChI is InChI=1S/C11H12O4/c12-9-5-6-10(13)8(7-9)3-1-2-4-11(14)15/h5-7H,1-4H2,(H,14,15). The zero-order chi connectivity index (χ0) is 11.3. The van der Waals surface area contributed by atoms with E-state index in [2.05, 4.69) is 0 Å². The van der Waals surface area contributed by atoms with E-state index in [-0.39, 0.29) is 18.0 Å². The van der Waals surface area contributed by atoms with E-state index in [1.807, 2.05) is 0 Å². The molecule has 1 aliphatic rings. The van der Waals surface area contributed by atoms with Crippen molar-refractivity contribution in [2.45, 2.75) is 25.7 Å². The third-order valence-electron chi connectivity index (χ3n) is 2.12. The van der Waals surface area contributed by atoms with Crippen molar-refractivity contribution < 1.29 is 19.5 Å². The van der Waals surface area contributed by atoms with E-state index < -0.39 is 5.97 Å². The number of hydrogen-bond acceptors (Lipinski definition) is 3. The van der Waals surface area contributed by atoms with E-state index in [0.717, 1.165) is 0 Å². The van der Waals surface area contributed by atoms with Crippen molar-refractivity contribution in [1.29, 1.82) is 0 Å². The van der Waals surface area contributed by atoms with Gasteiger partial charge in [-0.25, -0.2) is 0 Å². The van der Waals surface area contributed by atoms with Crippen LogP contribution in [0.15, 0.2) is 23.8 Å². The topological polar surface area (TPSA) is 71.4 Å². The summed E-state index contributed by atoms with van der Waals surface area (Å²) in [6, 6.07) is 0. The van der Waals surface area contributed by atoms with E-state index in [4.69, 9.17) is 5.11 Å². The van der Waals surface area contributed by atoms with Crippen molar-refractivity contribution >= 4 is 17.5 Å². The molecular formula is C11H12O4. The Labute approximate surface area is 87.3 Å². The summed E-state index contributed by atoms with van der Waals surface area (Å²) < 4.78 is 0. The van der Waals surface area contributed by atoms with Crippen molar-refractivity contribution in [1.82, 2.24) is 0 Å². The van der Waals surface area contributed by atoms with Crippen LogP contribution in [0.1, 0.15) is 25.7 Å². The number of carbonyl (C=O) groups is 3. The third-order valence-corrected chi connectivity index (χ3v) is 2.12. The lowest BCUT2D eigenvalue weighted by Gasteiger charge is -2.05. The number of carbonyl (C=O) groups excluding carboxylic acids is 2. The molecule has 1 N–H and O–H groups in total. The first-order valence-electron chi connectivity index (χ1n) is 4.78. The first-order chi connectivity index (χ1) is 7.09. The van der Waals surface area contributed by atoms with E-state index in [0.29, 0.717) is 24.8 Å². The van der Waals surface area contributed by atoms with Gasteiger partial charge in [-0.05, 0) is 37.5 Å². The molecule has 0 unspecified atom stereocenters. The Hall–Kier alpha value is -1.71. The smallest absolute Gasteiger partial charge is 0.303 e. The molecule has 80 valence electrons. The van der Waals surface area contributed by atoms with E-state index in [1.54, 1.807) is 0 Å². The molecule has 1 aliphatic carbocycles. The molecule has 0 radical (unpaired) electrons. The number of ketones is 2. The number of carboxylic acids is 1. The molecule has 0 saturated heterocycles. The lowest BCUT2D eigenvalue weighted by Crippen LogP contribution is -2.07. The van der Waals surface area contributed by atoms with Crippen LogP contribution in [0.4, 0.5) is 0 Å². The van der Waals surface area contributed by atoms with Crippen molar-refractivity contribution in [2.24, 2.45) is 0 Å². The first kappa shape index (κ1) is 11.4. The first-order valence-corrected chi connectivity index (χ1v) is 4.78. The molecule has 4 nitrogen and oxygen atoms in total. The molecule has 0 aliphatic heterocycles. The average molecular weight is 208 g/mol. The van der Waals surface area contributed by atoms with Gasteiger partial charge in [0.1, 0.15) is 0 Å². The zero-order valence-corrected chi connectivity index (χ0v) is 8.23. The number of allylic oxidation sites excluding steroid dienone is 4. The maximum atomic E-state index is 11.2. The average Bonchev–Trinajstić information content (AvgIpc) is 2.17. The van der Waals surface area contributed by atoms with Crippen LogP contribution in [0.2, 0.25) is 0 Å². The minimum absolute atomic E-state index is 0.102. The van der Waals surface area contributed by atoms with Gasteiger partial charge >= 0.3 is 5.97 Å². The lowest BCUT2D eigenvalue weighted by molar-refractivity contribution is -0.137. The molecule has 0 spiro atoms. The van der Waals surface area contributed by atoms with Crippen LogP contribution in [0.3, 0.4) is 0 Å². The quantitative estimate of drug-likeness (QED) is 0.545. The van der Waals surface area contributed by atoms with Gasteiger partial charge in [0.15, 0.2) is 11.6 Å². The number of rotatable bonds is 5. The summed E-state index contributed by atoms with van der Waals surface area (Å²) in [6.07, 6.45) is 5.54. The highest BCUT2D eigenvalue weighted by Gasteiger charge is 2.12. The Kier molecular flexibility index (Phi) is 3.97. The van der Waals surface area contributed by atoms with Crippen LogP contribution in [0, 0.1) is 0 Å².